The Hall–Kier alpha value is -0.800. The van der Waals surface area contributed by atoms with Crippen LogP contribution in [0, 0.1) is 0 Å². The van der Waals surface area contributed by atoms with Gasteiger partial charge in [0.1, 0.15) is 11.5 Å². The van der Waals surface area contributed by atoms with Crippen LogP contribution in [0.5, 0.6) is 0 Å². The van der Waals surface area contributed by atoms with Crippen molar-refractivity contribution >= 4 is 0 Å². The van der Waals surface area contributed by atoms with Gasteiger partial charge < -0.3 is 9.73 Å². The Morgan fingerprint density at radius 1 is 1.22 bits per heavy atom. The lowest BCUT2D eigenvalue weighted by molar-refractivity contribution is 0.179. The summed E-state index contributed by atoms with van der Waals surface area (Å²) in [5.41, 5.74) is 0. The fourth-order valence-corrected chi connectivity index (χ4v) is 3.42. The van der Waals surface area contributed by atoms with Gasteiger partial charge in [0.2, 0.25) is 0 Å². The third-order valence-electron chi connectivity index (χ3n) is 4.46. The average Bonchev–Trinajstić information content (AvgIpc) is 3.03. The van der Waals surface area contributed by atoms with E-state index < -0.39 is 0 Å². The zero-order chi connectivity index (χ0) is 12.4. The fraction of sp³-hybridized carbons (Fsp3) is 0.733. The molecule has 0 aliphatic carbocycles. The van der Waals surface area contributed by atoms with Crippen LogP contribution in [0.2, 0.25) is 0 Å². The van der Waals surface area contributed by atoms with Crippen molar-refractivity contribution in [1.29, 1.82) is 0 Å². The maximum absolute atomic E-state index is 5.75. The molecule has 2 aliphatic rings. The Kier molecular flexibility index (Phi) is 3.71. The molecule has 100 valence electrons. The Morgan fingerprint density at radius 2 is 2.11 bits per heavy atom. The van der Waals surface area contributed by atoms with Gasteiger partial charge in [-0.1, -0.05) is 13.3 Å². The Labute approximate surface area is 110 Å². The van der Waals surface area contributed by atoms with Crippen molar-refractivity contribution in [3.05, 3.63) is 23.7 Å². The van der Waals surface area contributed by atoms with Crippen LogP contribution >= 0.6 is 0 Å². The lowest BCUT2D eigenvalue weighted by Crippen LogP contribution is -2.44. The molecule has 3 nitrogen and oxygen atoms in total. The van der Waals surface area contributed by atoms with E-state index in [-0.39, 0.29) is 0 Å². The zero-order valence-electron chi connectivity index (χ0n) is 11.3. The molecule has 0 spiro atoms. The van der Waals surface area contributed by atoms with E-state index in [2.05, 4.69) is 29.3 Å². The number of rotatable bonds is 4. The van der Waals surface area contributed by atoms with E-state index in [1.54, 1.807) is 0 Å². The highest BCUT2D eigenvalue weighted by Crippen LogP contribution is 2.27. The molecule has 3 heterocycles. The summed E-state index contributed by atoms with van der Waals surface area (Å²) in [5, 5.41) is 3.70. The summed E-state index contributed by atoms with van der Waals surface area (Å²) in [5.74, 6) is 2.18. The summed E-state index contributed by atoms with van der Waals surface area (Å²) in [4.78, 5) is 2.67. The molecule has 0 saturated carbocycles. The van der Waals surface area contributed by atoms with Gasteiger partial charge in [0.15, 0.2) is 0 Å². The van der Waals surface area contributed by atoms with Crippen molar-refractivity contribution in [2.45, 2.75) is 57.7 Å². The molecule has 3 heteroatoms. The van der Waals surface area contributed by atoms with Crippen molar-refractivity contribution < 1.29 is 4.42 Å². The molecular formula is C15H24N2O. The van der Waals surface area contributed by atoms with Crippen LogP contribution in [0.3, 0.4) is 0 Å². The second-order valence-electron chi connectivity index (χ2n) is 5.60. The molecule has 2 saturated heterocycles. The van der Waals surface area contributed by atoms with Gasteiger partial charge in [0.25, 0.3) is 0 Å². The summed E-state index contributed by atoms with van der Waals surface area (Å²) in [6, 6.07) is 5.65. The smallest absolute Gasteiger partial charge is 0.117 e. The second kappa shape index (κ2) is 5.45. The van der Waals surface area contributed by atoms with Crippen LogP contribution in [0.1, 0.15) is 44.1 Å². The van der Waals surface area contributed by atoms with Gasteiger partial charge >= 0.3 is 0 Å². The number of nitrogens with zero attached hydrogens (tertiary/aromatic N) is 1. The molecule has 1 aromatic heterocycles. The standard InChI is InChI=1S/C15H24N2O/c1-2-12-6-7-13(18-12)11-16-14-8-10-17-9-4-3-5-15(14)17/h6-7,14-16H,2-5,8-11H2,1H3. The first-order valence-electron chi connectivity index (χ1n) is 7.42. The Balaban J connectivity index is 1.53. The summed E-state index contributed by atoms with van der Waals surface area (Å²) in [7, 11) is 0. The lowest BCUT2D eigenvalue weighted by atomic mass is 9.99. The predicted molar refractivity (Wildman–Crippen MR) is 72.5 cm³/mol. The lowest BCUT2D eigenvalue weighted by Gasteiger charge is -2.32. The van der Waals surface area contributed by atoms with Crippen molar-refractivity contribution in [3.63, 3.8) is 0 Å². The number of fused-ring (bicyclic) bond motifs is 1. The first-order valence-corrected chi connectivity index (χ1v) is 7.42. The van der Waals surface area contributed by atoms with Crippen LogP contribution < -0.4 is 5.32 Å². The fourth-order valence-electron chi connectivity index (χ4n) is 3.42. The Bertz CT molecular complexity index is 388. The van der Waals surface area contributed by atoms with E-state index in [9.17, 15) is 0 Å². The summed E-state index contributed by atoms with van der Waals surface area (Å²) < 4.78 is 5.75. The first-order chi connectivity index (χ1) is 8.86. The molecule has 2 unspecified atom stereocenters. The minimum absolute atomic E-state index is 0.667. The molecule has 2 atom stereocenters. The van der Waals surface area contributed by atoms with Crippen molar-refractivity contribution in [2.24, 2.45) is 0 Å². The van der Waals surface area contributed by atoms with Crippen LogP contribution in [-0.4, -0.2) is 30.1 Å². The van der Waals surface area contributed by atoms with Crippen LogP contribution in [0.15, 0.2) is 16.5 Å². The Morgan fingerprint density at radius 3 is 2.94 bits per heavy atom. The molecule has 1 N–H and O–H groups in total. The topological polar surface area (TPSA) is 28.4 Å². The number of hydrogen-bond donors (Lipinski definition) is 1. The molecule has 0 amide bonds. The second-order valence-corrected chi connectivity index (χ2v) is 5.60. The van der Waals surface area contributed by atoms with Crippen LogP contribution in [-0.2, 0) is 13.0 Å². The third kappa shape index (κ3) is 2.47. The number of aryl methyl sites for hydroxylation is 1. The molecule has 0 radical (unpaired) electrons. The predicted octanol–water partition coefficient (Wildman–Crippen LogP) is 2.56. The highest BCUT2D eigenvalue weighted by atomic mass is 16.3. The molecule has 0 aromatic carbocycles. The van der Waals surface area contributed by atoms with Gasteiger partial charge in [-0.05, 0) is 37.9 Å². The minimum Gasteiger partial charge on any atom is -0.465 e. The highest BCUT2D eigenvalue weighted by Gasteiger charge is 2.34. The molecule has 3 rings (SSSR count). The number of furan rings is 1. The van der Waals surface area contributed by atoms with Gasteiger partial charge in [-0.25, -0.2) is 0 Å². The zero-order valence-corrected chi connectivity index (χ0v) is 11.3. The normalized spacial score (nSPS) is 28.5. The summed E-state index contributed by atoms with van der Waals surface area (Å²) in [6.45, 7) is 5.60. The molecule has 0 bridgehead atoms. The SMILES string of the molecule is CCc1ccc(CNC2CCN3CCCCC23)o1. The largest absolute Gasteiger partial charge is 0.465 e. The molecular weight excluding hydrogens is 224 g/mol. The number of nitrogens with one attached hydrogen (secondary N) is 1. The molecule has 2 aliphatic heterocycles. The van der Waals surface area contributed by atoms with Gasteiger partial charge in [-0.15, -0.1) is 0 Å². The minimum atomic E-state index is 0.667. The van der Waals surface area contributed by atoms with Crippen molar-refractivity contribution in [3.8, 4) is 0 Å². The van der Waals surface area contributed by atoms with Crippen molar-refractivity contribution in [1.82, 2.24) is 10.2 Å². The molecule has 1 aromatic rings. The number of hydrogen-bond acceptors (Lipinski definition) is 3. The maximum Gasteiger partial charge on any atom is 0.117 e. The van der Waals surface area contributed by atoms with Gasteiger partial charge in [-0.2, -0.15) is 0 Å². The van der Waals surface area contributed by atoms with E-state index >= 15 is 0 Å². The highest BCUT2D eigenvalue weighted by molar-refractivity contribution is 5.07. The maximum atomic E-state index is 5.75. The third-order valence-corrected chi connectivity index (χ3v) is 4.46. The van der Waals surface area contributed by atoms with Gasteiger partial charge in [0.05, 0.1) is 6.54 Å². The van der Waals surface area contributed by atoms with Crippen LogP contribution in [0.25, 0.3) is 0 Å². The average molecular weight is 248 g/mol. The van der Waals surface area contributed by atoms with Gasteiger partial charge in [0, 0.05) is 25.0 Å². The van der Waals surface area contributed by atoms with E-state index in [4.69, 9.17) is 4.42 Å². The van der Waals surface area contributed by atoms with E-state index in [1.807, 2.05) is 0 Å². The first kappa shape index (κ1) is 12.2. The molecule has 18 heavy (non-hydrogen) atoms. The van der Waals surface area contributed by atoms with E-state index in [0.29, 0.717) is 6.04 Å². The van der Waals surface area contributed by atoms with Crippen LogP contribution in [0.4, 0.5) is 0 Å². The van der Waals surface area contributed by atoms with E-state index in [0.717, 1.165) is 30.5 Å². The number of piperidine rings is 1. The monoisotopic (exact) mass is 248 g/mol. The molecule has 2 fully saturated rings. The quantitative estimate of drug-likeness (QED) is 0.887. The van der Waals surface area contributed by atoms with Crippen molar-refractivity contribution in [2.75, 3.05) is 13.1 Å². The van der Waals surface area contributed by atoms with E-state index in [1.165, 1.54) is 38.8 Å². The van der Waals surface area contributed by atoms with Gasteiger partial charge in [-0.3, -0.25) is 4.90 Å². The summed E-state index contributed by atoms with van der Waals surface area (Å²) >= 11 is 0. The summed E-state index contributed by atoms with van der Waals surface area (Å²) in [6.07, 6.45) is 6.45.